The lowest BCUT2D eigenvalue weighted by Crippen LogP contribution is -2.73. The Morgan fingerprint density at radius 2 is 1.87 bits per heavy atom. The topological polar surface area (TPSA) is 180 Å². The van der Waals surface area contributed by atoms with Gasteiger partial charge in [-0.05, 0) is 45.1 Å². The molecule has 2 fully saturated rings. The highest BCUT2D eigenvalue weighted by Crippen LogP contribution is 2.40. The maximum atomic E-state index is 12.5. The van der Waals surface area contributed by atoms with Crippen molar-refractivity contribution < 1.29 is 52.6 Å². The normalized spacial score (nSPS) is 38.2. The van der Waals surface area contributed by atoms with Gasteiger partial charge in [0.1, 0.15) is 11.4 Å². The lowest BCUT2D eigenvalue weighted by atomic mass is 9.82. The minimum absolute atomic E-state index is 0.00566. The molecule has 0 spiro atoms. The number of aliphatic hydroxyl groups is 4. The third-order valence-electron chi connectivity index (χ3n) is 7.04. The molecule has 218 valence electrons. The SMILES string of the molecule is CNC1CC(OC2OC(C)CC(O)(CNCc3cccc(OC(F)(F)F)c3)C2(O)ON)C(O)C(NC)C1O. The van der Waals surface area contributed by atoms with Gasteiger partial charge in [-0.2, -0.15) is 0 Å². The Bertz CT molecular complexity index is 918. The summed E-state index contributed by atoms with van der Waals surface area (Å²) in [6.45, 7) is 1.32. The number of hydrogen-bond acceptors (Lipinski definition) is 12. The van der Waals surface area contributed by atoms with Gasteiger partial charge in [0.25, 0.3) is 5.79 Å². The molecular formula is C23H37F3N4O8. The van der Waals surface area contributed by atoms with Crippen molar-refractivity contribution in [1.29, 1.82) is 0 Å². The molecule has 12 nitrogen and oxygen atoms in total. The summed E-state index contributed by atoms with van der Waals surface area (Å²) in [4.78, 5) is 4.84. The van der Waals surface area contributed by atoms with Crippen LogP contribution in [0.1, 0.15) is 25.3 Å². The van der Waals surface area contributed by atoms with Gasteiger partial charge in [-0.25, -0.2) is 5.90 Å². The first kappa shape index (κ1) is 30.9. The van der Waals surface area contributed by atoms with E-state index in [2.05, 4.69) is 20.7 Å². The Hall–Kier alpha value is -1.63. The monoisotopic (exact) mass is 554 g/mol. The van der Waals surface area contributed by atoms with Crippen LogP contribution in [0.3, 0.4) is 0 Å². The lowest BCUT2D eigenvalue weighted by Gasteiger charge is -2.52. The van der Waals surface area contributed by atoms with E-state index < -0.39 is 66.3 Å². The number of nitrogens with two attached hydrogens (primary N) is 1. The number of benzene rings is 1. The molecule has 1 saturated heterocycles. The fourth-order valence-electron chi connectivity index (χ4n) is 5.08. The summed E-state index contributed by atoms with van der Waals surface area (Å²) in [6, 6.07) is 4.05. The number of aliphatic hydroxyl groups excluding tert-OH is 2. The third kappa shape index (κ3) is 6.74. The molecule has 0 aromatic heterocycles. The molecule has 0 radical (unpaired) electrons. The number of likely N-dealkylation sites (N-methyl/N-ethyl adjacent to an activating group) is 2. The van der Waals surface area contributed by atoms with Crippen LogP contribution in [0.15, 0.2) is 24.3 Å². The number of alkyl halides is 3. The van der Waals surface area contributed by atoms with Crippen molar-refractivity contribution in [3.63, 3.8) is 0 Å². The van der Waals surface area contributed by atoms with Crippen molar-refractivity contribution in [2.75, 3.05) is 20.6 Å². The summed E-state index contributed by atoms with van der Waals surface area (Å²) in [7, 11) is 3.21. The van der Waals surface area contributed by atoms with E-state index in [-0.39, 0.29) is 25.9 Å². The molecule has 15 heteroatoms. The fourth-order valence-corrected chi connectivity index (χ4v) is 5.08. The van der Waals surface area contributed by atoms with E-state index >= 15 is 0 Å². The van der Waals surface area contributed by atoms with Gasteiger partial charge >= 0.3 is 6.36 Å². The van der Waals surface area contributed by atoms with Crippen molar-refractivity contribution in [2.24, 2.45) is 5.90 Å². The molecule has 1 aliphatic carbocycles. The van der Waals surface area contributed by atoms with Gasteiger partial charge in [-0.1, -0.05) is 12.1 Å². The maximum absolute atomic E-state index is 12.5. The van der Waals surface area contributed by atoms with Crippen LogP contribution in [0, 0.1) is 0 Å². The highest BCUT2D eigenvalue weighted by molar-refractivity contribution is 5.28. The maximum Gasteiger partial charge on any atom is 0.573 e. The minimum atomic E-state index is -4.84. The summed E-state index contributed by atoms with van der Waals surface area (Å²) in [6.07, 6.45) is -10.2. The van der Waals surface area contributed by atoms with E-state index in [0.717, 1.165) is 6.07 Å². The first-order valence-corrected chi connectivity index (χ1v) is 12.2. The van der Waals surface area contributed by atoms with Gasteiger partial charge in [0, 0.05) is 25.6 Å². The summed E-state index contributed by atoms with van der Waals surface area (Å²) in [5.74, 6) is 2.43. The predicted molar refractivity (Wildman–Crippen MR) is 126 cm³/mol. The first-order chi connectivity index (χ1) is 17.8. The van der Waals surface area contributed by atoms with E-state index in [9.17, 15) is 33.6 Å². The zero-order valence-corrected chi connectivity index (χ0v) is 21.3. The van der Waals surface area contributed by atoms with Gasteiger partial charge in [0.2, 0.25) is 6.29 Å². The van der Waals surface area contributed by atoms with Crippen molar-refractivity contribution in [2.45, 2.75) is 86.9 Å². The van der Waals surface area contributed by atoms with E-state index in [4.69, 9.17) is 20.2 Å². The van der Waals surface area contributed by atoms with Gasteiger partial charge < -0.3 is 50.6 Å². The second-order valence-electron chi connectivity index (χ2n) is 9.73. The summed E-state index contributed by atoms with van der Waals surface area (Å²) >= 11 is 0. The van der Waals surface area contributed by atoms with Crippen LogP contribution in [-0.4, -0.2) is 102 Å². The average molecular weight is 555 g/mol. The molecular weight excluding hydrogens is 517 g/mol. The predicted octanol–water partition coefficient (Wildman–Crippen LogP) is -1.19. The highest BCUT2D eigenvalue weighted by Gasteiger charge is 2.62. The fraction of sp³-hybridized carbons (Fsp3) is 0.739. The Morgan fingerprint density at radius 1 is 1.16 bits per heavy atom. The Kier molecular flexibility index (Phi) is 9.97. The molecule has 0 amide bonds. The van der Waals surface area contributed by atoms with Crippen LogP contribution < -0.4 is 26.6 Å². The van der Waals surface area contributed by atoms with Gasteiger partial charge in [0.15, 0.2) is 0 Å². The number of halogens is 3. The van der Waals surface area contributed by atoms with Crippen LogP contribution in [-0.2, 0) is 20.9 Å². The van der Waals surface area contributed by atoms with Gasteiger partial charge in [-0.15, -0.1) is 13.2 Å². The molecule has 38 heavy (non-hydrogen) atoms. The van der Waals surface area contributed by atoms with Gasteiger partial charge in [-0.3, -0.25) is 4.84 Å². The molecule has 1 aromatic carbocycles. The lowest BCUT2D eigenvalue weighted by molar-refractivity contribution is -0.433. The third-order valence-corrected chi connectivity index (χ3v) is 7.04. The standard InChI is InChI=1S/C23H37F3N4O8/c1-12-9-21(33,11-30-10-13-5-4-6-14(7-13)37-23(24,25)26)22(34,38-27)20(35-12)36-16-8-15(28-2)18(31)17(29-3)19(16)32/h4-7,12,15-20,28-34H,8-11,27H2,1-3H3. The van der Waals surface area contributed by atoms with Crippen molar-refractivity contribution in [3.8, 4) is 5.75 Å². The molecule has 1 heterocycles. The molecule has 3 rings (SSSR count). The second-order valence-corrected chi connectivity index (χ2v) is 9.73. The average Bonchev–Trinajstić information content (AvgIpc) is 2.83. The highest BCUT2D eigenvalue weighted by atomic mass is 19.4. The summed E-state index contributed by atoms with van der Waals surface area (Å²) in [5.41, 5.74) is -1.66. The van der Waals surface area contributed by atoms with Crippen LogP contribution in [0.25, 0.3) is 0 Å². The number of rotatable bonds is 10. The Labute approximate surface area is 218 Å². The summed E-state index contributed by atoms with van der Waals surface area (Å²) in [5, 5.41) is 52.8. The zero-order chi connectivity index (χ0) is 28.3. The van der Waals surface area contributed by atoms with E-state index in [1.807, 2.05) is 0 Å². The summed E-state index contributed by atoms with van der Waals surface area (Å²) < 4.78 is 53.2. The van der Waals surface area contributed by atoms with Crippen LogP contribution in [0.5, 0.6) is 5.75 Å². The molecule has 1 aliphatic heterocycles. The molecule has 0 bridgehead atoms. The number of nitrogens with one attached hydrogen (secondary N) is 3. The Morgan fingerprint density at radius 3 is 2.47 bits per heavy atom. The van der Waals surface area contributed by atoms with Crippen molar-refractivity contribution in [3.05, 3.63) is 29.8 Å². The van der Waals surface area contributed by atoms with Gasteiger partial charge in [0.05, 0.1) is 30.5 Å². The smallest absolute Gasteiger partial charge is 0.406 e. The molecule has 9 unspecified atom stereocenters. The largest absolute Gasteiger partial charge is 0.573 e. The van der Waals surface area contributed by atoms with Crippen molar-refractivity contribution in [1.82, 2.24) is 16.0 Å². The zero-order valence-electron chi connectivity index (χ0n) is 21.3. The Balaban J connectivity index is 1.73. The van der Waals surface area contributed by atoms with Crippen LogP contribution in [0.4, 0.5) is 13.2 Å². The quantitative estimate of drug-likeness (QED) is 0.128. The molecule has 2 aliphatic rings. The van der Waals surface area contributed by atoms with E-state index in [1.165, 1.54) is 12.1 Å². The van der Waals surface area contributed by atoms with Crippen LogP contribution >= 0.6 is 0 Å². The second kappa shape index (κ2) is 12.3. The number of hydrogen-bond donors (Lipinski definition) is 8. The molecule has 9 atom stereocenters. The molecule has 1 aromatic rings. The first-order valence-electron chi connectivity index (χ1n) is 12.2. The molecule has 9 N–H and O–H groups in total. The van der Waals surface area contributed by atoms with E-state index in [0.29, 0.717) is 5.56 Å². The van der Waals surface area contributed by atoms with E-state index in [1.54, 1.807) is 27.1 Å². The molecule has 1 saturated carbocycles. The van der Waals surface area contributed by atoms with Crippen molar-refractivity contribution >= 4 is 0 Å². The number of ether oxygens (including phenoxy) is 3. The van der Waals surface area contributed by atoms with Crippen LogP contribution in [0.2, 0.25) is 0 Å². The minimum Gasteiger partial charge on any atom is -0.406 e.